The largest absolute Gasteiger partial charge is 0.392 e. The number of anilines is 1. The summed E-state index contributed by atoms with van der Waals surface area (Å²) >= 11 is 0. The Hall–Kier alpha value is -1.55. The van der Waals surface area contributed by atoms with Crippen molar-refractivity contribution < 1.29 is 9.90 Å². The number of aliphatic hydroxyl groups is 1. The van der Waals surface area contributed by atoms with Crippen molar-refractivity contribution in [1.82, 2.24) is 5.43 Å². The van der Waals surface area contributed by atoms with Gasteiger partial charge in [0.2, 0.25) is 5.91 Å². The van der Waals surface area contributed by atoms with Gasteiger partial charge in [0, 0.05) is 13.0 Å². The molecule has 1 aliphatic rings. The summed E-state index contributed by atoms with van der Waals surface area (Å²) in [6.07, 6.45) is 0.543. The van der Waals surface area contributed by atoms with Crippen molar-refractivity contribution in [3.05, 3.63) is 29.8 Å². The van der Waals surface area contributed by atoms with Crippen LogP contribution in [0.2, 0.25) is 0 Å². The highest BCUT2D eigenvalue weighted by atomic mass is 16.3. The Morgan fingerprint density at radius 2 is 2.07 bits per heavy atom. The number of amides is 1. The van der Waals surface area contributed by atoms with Crippen molar-refractivity contribution in [2.45, 2.75) is 13.0 Å². The first-order valence-electron chi connectivity index (χ1n) is 4.56. The van der Waals surface area contributed by atoms with Crippen LogP contribution < -0.4 is 10.4 Å². The van der Waals surface area contributed by atoms with E-state index in [-0.39, 0.29) is 12.5 Å². The minimum Gasteiger partial charge on any atom is -0.392 e. The van der Waals surface area contributed by atoms with Crippen molar-refractivity contribution in [1.29, 1.82) is 0 Å². The molecule has 74 valence electrons. The van der Waals surface area contributed by atoms with E-state index in [1.807, 2.05) is 29.3 Å². The molecular formula is C10H12N2O2. The first-order chi connectivity index (χ1) is 6.79. The molecule has 0 spiro atoms. The lowest BCUT2D eigenvalue weighted by molar-refractivity contribution is -0.119. The molecule has 1 fully saturated rings. The Morgan fingerprint density at radius 3 is 2.57 bits per heavy atom. The zero-order chi connectivity index (χ0) is 9.97. The molecule has 0 bridgehead atoms. The number of hydrogen-bond donors (Lipinski definition) is 2. The molecule has 1 heterocycles. The number of carbonyl (C=O) groups is 1. The number of rotatable bonds is 2. The zero-order valence-electron chi connectivity index (χ0n) is 7.73. The molecule has 2 N–H and O–H groups in total. The number of aliphatic hydroxyl groups excluding tert-OH is 1. The molecule has 14 heavy (non-hydrogen) atoms. The maximum atomic E-state index is 11.0. The summed E-state index contributed by atoms with van der Waals surface area (Å²) < 4.78 is 0. The normalized spacial score (nSPS) is 15.8. The van der Waals surface area contributed by atoms with Crippen LogP contribution in [0.1, 0.15) is 12.0 Å². The molecule has 1 aromatic rings. The van der Waals surface area contributed by atoms with Crippen molar-refractivity contribution in [2.75, 3.05) is 11.6 Å². The van der Waals surface area contributed by atoms with Gasteiger partial charge in [-0.1, -0.05) is 12.1 Å². The zero-order valence-corrected chi connectivity index (χ0v) is 7.73. The van der Waals surface area contributed by atoms with Gasteiger partial charge in [-0.25, -0.2) is 0 Å². The van der Waals surface area contributed by atoms with Crippen LogP contribution in [0.5, 0.6) is 0 Å². The summed E-state index contributed by atoms with van der Waals surface area (Å²) in [5.41, 5.74) is 4.57. The minimum atomic E-state index is 0.0483. The summed E-state index contributed by atoms with van der Waals surface area (Å²) in [7, 11) is 0. The van der Waals surface area contributed by atoms with Crippen LogP contribution in [0.4, 0.5) is 5.69 Å². The third-order valence-corrected chi connectivity index (χ3v) is 2.25. The predicted octanol–water partition coefficient (Wildman–Crippen LogP) is 0.420. The van der Waals surface area contributed by atoms with Gasteiger partial charge in [-0.2, -0.15) is 0 Å². The summed E-state index contributed by atoms with van der Waals surface area (Å²) in [5.74, 6) is 0.0521. The number of hydrogen-bond acceptors (Lipinski definition) is 3. The van der Waals surface area contributed by atoms with Crippen LogP contribution in [-0.2, 0) is 11.4 Å². The first-order valence-corrected chi connectivity index (χ1v) is 4.56. The number of hydrazine groups is 1. The number of carbonyl (C=O) groups excluding carboxylic acids is 1. The molecule has 4 nitrogen and oxygen atoms in total. The summed E-state index contributed by atoms with van der Waals surface area (Å²) in [4.78, 5) is 11.0. The number of benzene rings is 1. The third kappa shape index (κ3) is 1.70. The standard InChI is InChI=1S/C10H12N2O2/c13-7-8-1-3-9(4-2-8)12-6-5-10(14)11-12/h1-4,13H,5-7H2,(H,11,14). The van der Waals surface area contributed by atoms with Gasteiger partial charge >= 0.3 is 0 Å². The van der Waals surface area contributed by atoms with Crippen LogP contribution >= 0.6 is 0 Å². The molecule has 1 aliphatic heterocycles. The molecular weight excluding hydrogens is 180 g/mol. The Morgan fingerprint density at radius 1 is 1.36 bits per heavy atom. The molecule has 0 radical (unpaired) electrons. The van der Waals surface area contributed by atoms with E-state index in [1.165, 1.54) is 0 Å². The van der Waals surface area contributed by atoms with Gasteiger partial charge in [0.25, 0.3) is 0 Å². The van der Waals surface area contributed by atoms with Crippen LogP contribution in [0.3, 0.4) is 0 Å². The highest BCUT2D eigenvalue weighted by molar-refractivity contribution is 5.81. The summed E-state index contributed by atoms with van der Waals surface area (Å²) in [6.45, 7) is 0.754. The smallest absolute Gasteiger partial charge is 0.240 e. The second kappa shape index (κ2) is 3.67. The Kier molecular flexibility index (Phi) is 2.37. The van der Waals surface area contributed by atoms with Crippen LogP contribution in [0, 0.1) is 0 Å². The average Bonchev–Trinajstić information content (AvgIpc) is 2.65. The molecule has 0 unspecified atom stereocenters. The Labute approximate surface area is 82.1 Å². The van der Waals surface area contributed by atoms with E-state index >= 15 is 0 Å². The van der Waals surface area contributed by atoms with E-state index in [2.05, 4.69) is 5.43 Å². The van der Waals surface area contributed by atoms with E-state index in [4.69, 9.17) is 5.11 Å². The van der Waals surface area contributed by atoms with Crippen LogP contribution in [0.25, 0.3) is 0 Å². The lowest BCUT2D eigenvalue weighted by Crippen LogP contribution is -2.32. The lowest BCUT2D eigenvalue weighted by Gasteiger charge is -2.17. The maximum absolute atomic E-state index is 11.0. The van der Waals surface area contributed by atoms with Crippen molar-refractivity contribution in [3.8, 4) is 0 Å². The van der Waals surface area contributed by atoms with Gasteiger partial charge in [0.15, 0.2) is 0 Å². The second-order valence-electron chi connectivity index (χ2n) is 3.26. The van der Waals surface area contributed by atoms with E-state index in [0.29, 0.717) is 13.0 Å². The van der Waals surface area contributed by atoms with Gasteiger partial charge in [-0.3, -0.25) is 15.2 Å². The van der Waals surface area contributed by atoms with Crippen molar-refractivity contribution in [2.24, 2.45) is 0 Å². The molecule has 0 saturated carbocycles. The molecule has 0 aliphatic carbocycles. The predicted molar refractivity (Wildman–Crippen MR) is 52.5 cm³/mol. The van der Waals surface area contributed by atoms with E-state index in [0.717, 1.165) is 11.3 Å². The van der Waals surface area contributed by atoms with Gasteiger partial charge in [0.05, 0.1) is 12.3 Å². The van der Waals surface area contributed by atoms with Crippen LogP contribution in [-0.4, -0.2) is 17.6 Å². The SMILES string of the molecule is O=C1CCN(c2ccc(CO)cc2)N1. The second-order valence-corrected chi connectivity index (χ2v) is 3.26. The van der Waals surface area contributed by atoms with Crippen LogP contribution in [0.15, 0.2) is 24.3 Å². The highest BCUT2D eigenvalue weighted by Gasteiger charge is 2.17. The average molecular weight is 192 g/mol. The van der Waals surface area contributed by atoms with E-state index in [9.17, 15) is 4.79 Å². The van der Waals surface area contributed by atoms with Gasteiger partial charge < -0.3 is 5.11 Å². The fourth-order valence-corrected chi connectivity index (χ4v) is 1.45. The van der Waals surface area contributed by atoms with Crippen molar-refractivity contribution in [3.63, 3.8) is 0 Å². The Balaban J connectivity index is 2.13. The van der Waals surface area contributed by atoms with E-state index in [1.54, 1.807) is 0 Å². The van der Waals surface area contributed by atoms with E-state index < -0.39 is 0 Å². The molecule has 4 heteroatoms. The fraction of sp³-hybridized carbons (Fsp3) is 0.300. The third-order valence-electron chi connectivity index (χ3n) is 2.25. The van der Waals surface area contributed by atoms with Gasteiger partial charge in [-0.15, -0.1) is 0 Å². The van der Waals surface area contributed by atoms with Gasteiger partial charge in [-0.05, 0) is 17.7 Å². The number of nitrogens with one attached hydrogen (secondary N) is 1. The first kappa shape index (κ1) is 9.02. The number of nitrogens with zero attached hydrogens (tertiary/aromatic N) is 1. The Bertz CT molecular complexity index is 334. The monoisotopic (exact) mass is 192 g/mol. The summed E-state index contributed by atoms with van der Waals surface area (Å²) in [6, 6.07) is 7.47. The highest BCUT2D eigenvalue weighted by Crippen LogP contribution is 2.16. The topological polar surface area (TPSA) is 52.6 Å². The molecule has 2 rings (SSSR count). The van der Waals surface area contributed by atoms with Crippen molar-refractivity contribution >= 4 is 11.6 Å². The molecule has 1 saturated heterocycles. The summed E-state index contributed by atoms with van der Waals surface area (Å²) in [5, 5.41) is 10.7. The maximum Gasteiger partial charge on any atom is 0.240 e. The van der Waals surface area contributed by atoms with Gasteiger partial charge in [0.1, 0.15) is 0 Å². The minimum absolute atomic E-state index is 0.0483. The molecule has 0 atom stereocenters. The quantitative estimate of drug-likeness (QED) is 0.714. The molecule has 0 aromatic heterocycles. The lowest BCUT2D eigenvalue weighted by atomic mass is 10.2. The molecule has 1 amide bonds. The molecule has 1 aromatic carbocycles. The fourth-order valence-electron chi connectivity index (χ4n) is 1.45.